The second kappa shape index (κ2) is 4.94. The van der Waals surface area contributed by atoms with Gasteiger partial charge in [0.25, 0.3) is 5.91 Å². The molecule has 84 valence electrons. The summed E-state index contributed by atoms with van der Waals surface area (Å²) in [5, 5.41) is 13.4. The Hall–Kier alpha value is -1.62. The molecule has 1 atom stereocenters. The fraction of sp³-hybridized carbons (Fsp3) is 0.273. The van der Waals surface area contributed by atoms with E-state index >= 15 is 0 Å². The molecule has 4 nitrogen and oxygen atoms in total. The van der Waals surface area contributed by atoms with Gasteiger partial charge in [0.1, 0.15) is 0 Å². The van der Waals surface area contributed by atoms with E-state index in [0.29, 0.717) is 5.56 Å². The topological polar surface area (TPSA) is 57.8 Å². The van der Waals surface area contributed by atoms with Crippen LogP contribution in [0.25, 0.3) is 0 Å². The molecule has 0 aliphatic heterocycles. The number of H-pyrrole nitrogens is 1. The van der Waals surface area contributed by atoms with Crippen molar-refractivity contribution in [3.05, 3.63) is 40.3 Å². The zero-order chi connectivity index (χ0) is 11.4. The first kappa shape index (κ1) is 10.9. The predicted molar refractivity (Wildman–Crippen MR) is 63.5 cm³/mol. The lowest BCUT2D eigenvalue weighted by atomic mass is 10.1. The third kappa shape index (κ3) is 2.70. The number of hydrogen-bond acceptors (Lipinski definition) is 3. The van der Waals surface area contributed by atoms with Gasteiger partial charge in [-0.15, -0.1) is 0 Å². The summed E-state index contributed by atoms with van der Waals surface area (Å²) in [6.45, 7) is 2.00. The number of nitrogens with zero attached hydrogens (tertiary/aromatic N) is 1. The number of nitrogens with one attached hydrogen (secondary N) is 2. The maximum Gasteiger partial charge on any atom is 0.254 e. The lowest BCUT2D eigenvalue weighted by Gasteiger charge is -2.11. The van der Waals surface area contributed by atoms with Crippen LogP contribution >= 0.6 is 11.3 Å². The number of aromatic amines is 1. The summed E-state index contributed by atoms with van der Waals surface area (Å²) in [6, 6.07) is 2.20. The summed E-state index contributed by atoms with van der Waals surface area (Å²) in [5.74, 6) is -0.0866. The van der Waals surface area contributed by atoms with Gasteiger partial charge in [-0.25, -0.2) is 0 Å². The molecule has 0 aliphatic carbocycles. The normalized spacial score (nSPS) is 12.3. The average molecular weight is 235 g/mol. The molecule has 0 saturated carbocycles. The Balaban J connectivity index is 1.88. The zero-order valence-electron chi connectivity index (χ0n) is 8.93. The van der Waals surface area contributed by atoms with Gasteiger partial charge in [0, 0.05) is 12.2 Å². The Morgan fingerprint density at radius 3 is 3.19 bits per heavy atom. The minimum atomic E-state index is -0.0866. The van der Waals surface area contributed by atoms with Crippen molar-refractivity contribution in [3.63, 3.8) is 0 Å². The number of thiophene rings is 1. The Morgan fingerprint density at radius 1 is 1.69 bits per heavy atom. The maximum atomic E-state index is 11.7. The Kier molecular flexibility index (Phi) is 3.36. The molecule has 1 unspecified atom stereocenters. The quantitative estimate of drug-likeness (QED) is 0.849. The molecule has 0 aromatic carbocycles. The first-order chi connectivity index (χ1) is 7.75. The fourth-order valence-electron chi connectivity index (χ4n) is 1.50. The SMILES string of the molecule is CC(Cc1ccsc1)NC(=O)c1cn[nH]c1. The van der Waals surface area contributed by atoms with Crippen molar-refractivity contribution >= 4 is 17.2 Å². The van der Waals surface area contributed by atoms with Gasteiger partial charge in [-0.1, -0.05) is 0 Å². The first-order valence-electron chi connectivity index (χ1n) is 5.06. The highest BCUT2D eigenvalue weighted by Crippen LogP contribution is 2.08. The van der Waals surface area contributed by atoms with Gasteiger partial charge in [-0.2, -0.15) is 16.4 Å². The first-order valence-corrected chi connectivity index (χ1v) is 6.00. The molecule has 1 amide bonds. The average Bonchev–Trinajstić information content (AvgIpc) is 2.88. The standard InChI is InChI=1S/C11H13N3OS/c1-8(4-9-2-3-16-7-9)14-11(15)10-5-12-13-6-10/h2-3,5-8H,4H2,1H3,(H,12,13)(H,14,15). The van der Waals surface area contributed by atoms with Crippen molar-refractivity contribution in [3.8, 4) is 0 Å². The number of aromatic nitrogens is 2. The van der Waals surface area contributed by atoms with Crippen molar-refractivity contribution in [2.45, 2.75) is 19.4 Å². The molecule has 5 heteroatoms. The van der Waals surface area contributed by atoms with E-state index in [1.807, 2.05) is 12.3 Å². The van der Waals surface area contributed by atoms with Gasteiger partial charge < -0.3 is 5.32 Å². The van der Waals surface area contributed by atoms with Crippen LogP contribution < -0.4 is 5.32 Å². The minimum absolute atomic E-state index is 0.0866. The van der Waals surface area contributed by atoms with Crippen LogP contribution in [0.3, 0.4) is 0 Å². The summed E-state index contributed by atoms with van der Waals surface area (Å²) in [7, 11) is 0. The minimum Gasteiger partial charge on any atom is -0.349 e. The maximum absolute atomic E-state index is 11.7. The molecule has 2 rings (SSSR count). The summed E-state index contributed by atoms with van der Waals surface area (Å²) in [6.07, 6.45) is 3.96. The molecule has 0 saturated heterocycles. The predicted octanol–water partition coefficient (Wildman–Crippen LogP) is 1.83. The molecule has 2 aromatic rings. The van der Waals surface area contributed by atoms with Crippen LogP contribution in [0.2, 0.25) is 0 Å². The highest BCUT2D eigenvalue weighted by molar-refractivity contribution is 7.07. The molecule has 2 aromatic heterocycles. The van der Waals surface area contributed by atoms with Crippen molar-refractivity contribution in [2.75, 3.05) is 0 Å². The summed E-state index contributed by atoms with van der Waals surface area (Å²) in [4.78, 5) is 11.7. The third-order valence-electron chi connectivity index (χ3n) is 2.26. The van der Waals surface area contributed by atoms with Crippen LogP contribution in [-0.4, -0.2) is 22.1 Å². The number of rotatable bonds is 4. The summed E-state index contributed by atoms with van der Waals surface area (Å²) < 4.78 is 0. The second-order valence-corrected chi connectivity index (χ2v) is 4.48. The number of hydrogen-bond donors (Lipinski definition) is 2. The van der Waals surface area contributed by atoms with Crippen molar-refractivity contribution in [1.29, 1.82) is 0 Å². The van der Waals surface area contributed by atoms with E-state index in [2.05, 4.69) is 27.0 Å². The van der Waals surface area contributed by atoms with Gasteiger partial charge in [-0.3, -0.25) is 9.89 Å². The lowest BCUT2D eigenvalue weighted by Crippen LogP contribution is -2.33. The molecule has 0 aliphatic rings. The molecule has 0 bridgehead atoms. The summed E-state index contributed by atoms with van der Waals surface area (Å²) >= 11 is 1.67. The van der Waals surface area contributed by atoms with E-state index in [1.54, 1.807) is 17.5 Å². The van der Waals surface area contributed by atoms with E-state index in [1.165, 1.54) is 11.8 Å². The monoisotopic (exact) mass is 235 g/mol. The molecule has 16 heavy (non-hydrogen) atoms. The summed E-state index contributed by atoms with van der Waals surface area (Å²) in [5.41, 5.74) is 1.82. The van der Waals surface area contributed by atoms with Gasteiger partial charge in [0.2, 0.25) is 0 Å². The lowest BCUT2D eigenvalue weighted by molar-refractivity contribution is 0.0940. The van der Waals surface area contributed by atoms with Crippen molar-refractivity contribution in [1.82, 2.24) is 15.5 Å². The molecule has 2 N–H and O–H groups in total. The Bertz CT molecular complexity index is 436. The number of amides is 1. The van der Waals surface area contributed by atoms with Crippen LogP contribution in [-0.2, 0) is 6.42 Å². The van der Waals surface area contributed by atoms with Gasteiger partial charge in [-0.05, 0) is 35.7 Å². The smallest absolute Gasteiger partial charge is 0.254 e. The van der Waals surface area contributed by atoms with Crippen molar-refractivity contribution in [2.24, 2.45) is 0 Å². The highest BCUT2D eigenvalue weighted by atomic mass is 32.1. The molecule has 0 spiro atoms. The Morgan fingerprint density at radius 2 is 2.56 bits per heavy atom. The van der Waals surface area contributed by atoms with Crippen LogP contribution in [0.1, 0.15) is 22.8 Å². The molecular formula is C11H13N3OS. The highest BCUT2D eigenvalue weighted by Gasteiger charge is 2.10. The van der Waals surface area contributed by atoms with Gasteiger partial charge in [0.15, 0.2) is 0 Å². The van der Waals surface area contributed by atoms with Crippen LogP contribution in [0.5, 0.6) is 0 Å². The fourth-order valence-corrected chi connectivity index (χ4v) is 2.18. The number of carbonyl (C=O) groups is 1. The van der Waals surface area contributed by atoms with E-state index in [9.17, 15) is 4.79 Å². The van der Waals surface area contributed by atoms with E-state index in [4.69, 9.17) is 0 Å². The van der Waals surface area contributed by atoms with Crippen LogP contribution in [0, 0.1) is 0 Å². The zero-order valence-corrected chi connectivity index (χ0v) is 9.75. The largest absolute Gasteiger partial charge is 0.349 e. The second-order valence-electron chi connectivity index (χ2n) is 3.70. The van der Waals surface area contributed by atoms with Crippen molar-refractivity contribution < 1.29 is 4.79 Å². The van der Waals surface area contributed by atoms with E-state index in [0.717, 1.165) is 6.42 Å². The van der Waals surface area contributed by atoms with Gasteiger partial charge in [0.05, 0.1) is 11.8 Å². The van der Waals surface area contributed by atoms with Gasteiger partial charge >= 0.3 is 0 Å². The van der Waals surface area contributed by atoms with E-state index < -0.39 is 0 Å². The van der Waals surface area contributed by atoms with Crippen LogP contribution in [0.4, 0.5) is 0 Å². The molecule has 0 radical (unpaired) electrons. The van der Waals surface area contributed by atoms with Crippen LogP contribution in [0.15, 0.2) is 29.2 Å². The molecular weight excluding hydrogens is 222 g/mol. The molecule has 2 heterocycles. The third-order valence-corrected chi connectivity index (χ3v) is 2.99. The van der Waals surface area contributed by atoms with E-state index in [-0.39, 0.29) is 11.9 Å². The molecule has 0 fully saturated rings. The Labute approximate surface area is 97.7 Å². The number of carbonyl (C=O) groups excluding carboxylic acids is 1.